The molecule has 6 nitrogen and oxygen atoms in total. The number of benzene rings is 1. The van der Waals surface area contributed by atoms with Gasteiger partial charge in [0.05, 0.1) is 5.25 Å². The highest BCUT2D eigenvalue weighted by molar-refractivity contribution is 7.90. The number of urea groups is 1. The molecular weight excluding hydrogens is 386 g/mol. The number of rotatable bonds is 6. The fourth-order valence-electron chi connectivity index (χ4n) is 5.46. The van der Waals surface area contributed by atoms with Crippen molar-refractivity contribution in [1.82, 2.24) is 9.62 Å². The first-order chi connectivity index (χ1) is 13.9. The van der Waals surface area contributed by atoms with E-state index in [0.29, 0.717) is 19.0 Å². The number of nitrogens with one attached hydrogen (secondary N) is 2. The van der Waals surface area contributed by atoms with Gasteiger partial charge in [0.15, 0.2) is 0 Å². The van der Waals surface area contributed by atoms with Crippen LogP contribution in [0.3, 0.4) is 0 Å². The van der Waals surface area contributed by atoms with Gasteiger partial charge in [-0.3, -0.25) is 4.90 Å². The molecule has 1 unspecified atom stereocenters. The maximum atomic E-state index is 12.8. The lowest BCUT2D eigenvalue weighted by Gasteiger charge is -2.25. The molecule has 1 aliphatic heterocycles. The molecule has 7 heteroatoms. The van der Waals surface area contributed by atoms with Crippen molar-refractivity contribution >= 4 is 21.7 Å². The van der Waals surface area contributed by atoms with Gasteiger partial charge in [-0.05, 0) is 86.6 Å². The second-order valence-electron chi connectivity index (χ2n) is 8.71. The maximum Gasteiger partial charge on any atom is 0.332 e. The second kappa shape index (κ2) is 8.26. The summed E-state index contributed by atoms with van der Waals surface area (Å²) in [6, 6.07) is 2.11. The van der Waals surface area contributed by atoms with Gasteiger partial charge in [0, 0.05) is 18.3 Å². The van der Waals surface area contributed by atoms with Gasteiger partial charge >= 0.3 is 6.03 Å². The fraction of sp³-hybridized carbons (Fsp3) is 0.682. The number of carbonyl (C=O) groups excluding carboxylic acids is 1. The van der Waals surface area contributed by atoms with Crippen LogP contribution in [0.4, 0.5) is 10.5 Å². The molecule has 1 heterocycles. The molecule has 4 rings (SSSR count). The van der Waals surface area contributed by atoms with Gasteiger partial charge in [0.1, 0.15) is 0 Å². The number of fused-ring (bicyclic) bond motifs is 2. The number of likely N-dealkylation sites (tertiary alicyclic amines) is 1. The molecular formula is C22H33N3O3S. The van der Waals surface area contributed by atoms with Crippen LogP contribution in [0, 0.1) is 0 Å². The van der Waals surface area contributed by atoms with E-state index in [1.54, 1.807) is 0 Å². The summed E-state index contributed by atoms with van der Waals surface area (Å²) in [5.41, 5.74) is 5.93. The minimum atomic E-state index is -3.69. The first kappa shape index (κ1) is 20.7. The average Bonchev–Trinajstić information content (AvgIpc) is 3.42. The van der Waals surface area contributed by atoms with E-state index in [4.69, 9.17) is 0 Å². The summed E-state index contributed by atoms with van der Waals surface area (Å²) in [5.74, 6) is 0. The third kappa shape index (κ3) is 4.04. The molecule has 0 spiro atoms. The van der Waals surface area contributed by atoms with Crippen molar-refractivity contribution in [3.05, 3.63) is 28.3 Å². The summed E-state index contributed by atoms with van der Waals surface area (Å²) >= 11 is 0. The molecule has 1 aromatic rings. The Kier molecular flexibility index (Phi) is 5.89. The number of nitrogens with zero attached hydrogens (tertiary/aromatic N) is 1. The molecule has 0 bridgehead atoms. The van der Waals surface area contributed by atoms with Gasteiger partial charge in [-0.25, -0.2) is 17.9 Å². The Morgan fingerprint density at radius 3 is 2.31 bits per heavy atom. The molecule has 1 aromatic carbocycles. The third-order valence-corrected chi connectivity index (χ3v) is 8.75. The standard InChI is InChI=1S/C22H33N3O3S/c1-3-17(4-2)25-12-11-18(14-25)29(27,28)24-22(26)23-21-19-9-5-7-15(19)13-16-8-6-10-20(16)21/h13,17-18H,3-12,14H2,1-2H3,(H2,23,24,26). The number of amides is 2. The number of hydrogen-bond donors (Lipinski definition) is 2. The van der Waals surface area contributed by atoms with Crippen molar-refractivity contribution in [2.45, 2.75) is 82.9 Å². The summed E-state index contributed by atoms with van der Waals surface area (Å²) in [6.07, 6.45) is 8.81. The first-order valence-electron chi connectivity index (χ1n) is 11.2. The molecule has 1 atom stereocenters. The molecule has 2 N–H and O–H groups in total. The molecule has 0 saturated carbocycles. The van der Waals surface area contributed by atoms with Gasteiger partial charge < -0.3 is 5.32 Å². The van der Waals surface area contributed by atoms with Gasteiger partial charge in [-0.15, -0.1) is 0 Å². The topological polar surface area (TPSA) is 78.5 Å². The number of sulfonamides is 1. The predicted octanol–water partition coefficient (Wildman–Crippen LogP) is 3.38. The molecule has 29 heavy (non-hydrogen) atoms. The van der Waals surface area contributed by atoms with Crippen molar-refractivity contribution < 1.29 is 13.2 Å². The Bertz CT molecular complexity index is 861. The summed E-state index contributed by atoms with van der Waals surface area (Å²) in [7, 11) is -3.69. The van der Waals surface area contributed by atoms with E-state index in [-0.39, 0.29) is 0 Å². The van der Waals surface area contributed by atoms with Crippen molar-refractivity contribution in [2.75, 3.05) is 18.4 Å². The molecule has 0 aromatic heterocycles. The van der Waals surface area contributed by atoms with E-state index in [1.165, 1.54) is 22.3 Å². The van der Waals surface area contributed by atoms with Crippen LogP contribution in [0.1, 0.15) is 68.2 Å². The molecule has 1 fully saturated rings. The van der Waals surface area contributed by atoms with Crippen molar-refractivity contribution in [2.24, 2.45) is 0 Å². The Morgan fingerprint density at radius 1 is 1.10 bits per heavy atom. The van der Waals surface area contributed by atoms with Crippen LogP contribution in [-0.4, -0.2) is 43.7 Å². The van der Waals surface area contributed by atoms with Gasteiger partial charge in [-0.1, -0.05) is 19.9 Å². The van der Waals surface area contributed by atoms with Crippen molar-refractivity contribution in [3.63, 3.8) is 0 Å². The number of anilines is 1. The highest BCUT2D eigenvalue weighted by Gasteiger charge is 2.36. The zero-order valence-corrected chi connectivity index (χ0v) is 18.4. The highest BCUT2D eigenvalue weighted by atomic mass is 32.2. The van der Waals surface area contributed by atoms with Crippen LogP contribution in [0.5, 0.6) is 0 Å². The monoisotopic (exact) mass is 419 g/mol. The zero-order valence-electron chi connectivity index (χ0n) is 17.6. The molecule has 3 aliphatic rings. The maximum absolute atomic E-state index is 12.8. The minimum Gasteiger partial charge on any atom is -0.307 e. The lowest BCUT2D eigenvalue weighted by Crippen LogP contribution is -2.43. The minimum absolute atomic E-state index is 0.415. The van der Waals surface area contributed by atoms with Gasteiger partial charge in [-0.2, -0.15) is 0 Å². The Labute approximate surface area is 174 Å². The first-order valence-corrected chi connectivity index (χ1v) is 12.7. The van der Waals surface area contributed by atoms with E-state index in [0.717, 1.165) is 63.6 Å². The Hall–Kier alpha value is -1.60. The van der Waals surface area contributed by atoms with E-state index < -0.39 is 21.3 Å². The molecule has 1 saturated heterocycles. The van der Waals surface area contributed by atoms with E-state index in [1.807, 2.05) is 0 Å². The molecule has 2 amide bonds. The average molecular weight is 420 g/mol. The highest BCUT2D eigenvalue weighted by Crippen LogP contribution is 2.38. The van der Waals surface area contributed by atoms with Crippen molar-refractivity contribution in [3.8, 4) is 0 Å². The van der Waals surface area contributed by atoms with E-state index in [9.17, 15) is 13.2 Å². The van der Waals surface area contributed by atoms with Crippen molar-refractivity contribution in [1.29, 1.82) is 0 Å². The number of aryl methyl sites for hydroxylation is 2. The van der Waals surface area contributed by atoms with Crippen LogP contribution in [0.25, 0.3) is 0 Å². The van der Waals surface area contributed by atoms with Gasteiger partial charge in [0.2, 0.25) is 10.0 Å². The SMILES string of the molecule is CCC(CC)N1CCC(S(=O)(=O)NC(=O)Nc2c3c(cc4c2CCC4)CCC3)C1. The van der Waals surface area contributed by atoms with Crippen LogP contribution in [0.2, 0.25) is 0 Å². The normalized spacial score (nSPS) is 21.4. The lowest BCUT2D eigenvalue weighted by atomic mass is 9.99. The Balaban J connectivity index is 1.46. The van der Waals surface area contributed by atoms with Crippen LogP contribution in [0.15, 0.2) is 6.07 Å². The summed E-state index contributed by atoms with van der Waals surface area (Å²) in [6.45, 7) is 5.56. The Morgan fingerprint density at radius 2 is 1.72 bits per heavy atom. The molecule has 2 aliphatic carbocycles. The largest absolute Gasteiger partial charge is 0.332 e. The molecule has 0 radical (unpaired) electrons. The summed E-state index contributed by atoms with van der Waals surface area (Å²) < 4.78 is 28.0. The van der Waals surface area contributed by atoms with E-state index in [2.05, 4.69) is 34.9 Å². The summed E-state index contributed by atoms with van der Waals surface area (Å²) in [4.78, 5) is 14.9. The number of hydrogen-bond acceptors (Lipinski definition) is 4. The smallest absolute Gasteiger partial charge is 0.307 e. The number of carbonyl (C=O) groups is 1. The second-order valence-corrected chi connectivity index (χ2v) is 10.7. The van der Waals surface area contributed by atoms with Gasteiger partial charge in [0.25, 0.3) is 0 Å². The summed E-state index contributed by atoms with van der Waals surface area (Å²) in [5, 5.41) is 2.41. The predicted molar refractivity (Wildman–Crippen MR) is 116 cm³/mol. The third-order valence-electron chi connectivity index (χ3n) is 7.02. The van der Waals surface area contributed by atoms with E-state index >= 15 is 0 Å². The fourth-order valence-corrected chi connectivity index (χ4v) is 6.74. The zero-order chi connectivity index (χ0) is 20.6. The molecule has 160 valence electrons. The lowest BCUT2D eigenvalue weighted by molar-refractivity contribution is 0.230. The quantitative estimate of drug-likeness (QED) is 0.741. The van der Waals surface area contributed by atoms with Crippen LogP contribution < -0.4 is 10.0 Å². The van der Waals surface area contributed by atoms with Crippen LogP contribution in [-0.2, 0) is 35.7 Å². The van der Waals surface area contributed by atoms with Crippen LogP contribution >= 0.6 is 0 Å².